The van der Waals surface area contributed by atoms with E-state index < -0.39 is 0 Å². The van der Waals surface area contributed by atoms with Crippen LogP contribution in [0.15, 0.2) is 28.1 Å². The Bertz CT molecular complexity index is 499. The second-order valence-electron chi connectivity index (χ2n) is 3.93. The molecule has 2 aromatic rings. The molecule has 0 unspecified atom stereocenters. The van der Waals surface area contributed by atoms with Crippen LogP contribution >= 0.6 is 11.8 Å². The quantitative estimate of drug-likeness (QED) is 0.614. The van der Waals surface area contributed by atoms with E-state index in [9.17, 15) is 0 Å². The summed E-state index contributed by atoms with van der Waals surface area (Å²) in [5.41, 5.74) is 0. The fraction of sp³-hybridized carbons (Fsp3) is 0.455. The maximum absolute atomic E-state index is 5.30. The van der Waals surface area contributed by atoms with Gasteiger partial charge in [-0.15, -0.1) is 0 Å². The molecule has 0 radical (unpaired) electrons. The molecule has 0 saturated carbocycles. The Morgan fingerprint density at radius 2 is 2.22 bits per heavy atom. The van der Waals surface area contributed by atoms with Gasteiger partial charge in [0.1, 0.15) is 0 Å². The first-order valence-electron chi connectivity index (χ1n) is 5.72. The van der Waals surface area contributed by atoms with Gasteiger partial charge in [-0.2, -0.15) is 4.98 Å². The van der Waals surface area contributed by atoms with Gasteiger partial charge >= 0.3 is 0 Å². The minimum Gasteiger partial charge on any atom is -0.381 e. The van der Waals surface area contributed by atoms with E-state index in [1.165, 1.54) is 11.8 Å². The van der Waals surface area contributed by atoms with E-state index >= 15 is 0 Å². The van der Waals surface area contributed by atoms with Crippen LogP contribution in [0.3, 0.4) is 0 Å². The van der Waals surface area contributed by atoms with Crippen LogP contribution in [0.5, 0.6) is 0 Å². The Morgan fingerprint density at radius 3 is 3.00 bits per heavy atom. The van der Waals surface area contributed by atoms with Crippen LogP contribution in [0.25, 0.3) is 0 Å². The van der Waals surface area contributed by atoms with Gasteiger partial charge in [0.05, 0.1) is 12.4 Å². The van der Waals surface area contributed by atoms with Crippen LogP contribution < -0.4 is 0 Å². The third kappa shape index (κ3) is 2.68. The number of hydrogen-bond acceptors (Lipinski definition) is 7. The second-order valence-corrected chi connectivity index (χ2v) is 4.87. The smallest absolute Gasteiger partial charge is 0.237 e. The van der Waals surface area contributed by atoms with Gasteiger partial charge < -0.3 is 9.26 Å². The summed E-state index contributed by atoms with van der Waals surface area (Å²) >= 11 is 1.48. The molecule has 0 aliphatic carbocycles. The first-order valence-corrected chi connectivity index (χ1v) is 6.70. The zero-order valence-electron chi connectivity index (χ0n) is 9.65. The molecule has 0 aromatic carbocycles. The van der Waals surface area contributed by atoms with Gasteiger partial charge in [0.25, 0.3) is 0 Å². The Labute approximate surface area is 108 Å². The number of thioether (sulfide) groups is 1. The topological polar surface area (TPSA) is 73.9 Å². The highest BCUT2D eigenvalue weighted by atomic mass is 32.2. The van der Waals surface area contributed by atoms with Crippen molar-refractivity contribution < 1.29 is 9.26 Å². The lowest BCUT2D eigenvalue weighted by Crippen LogP contribution is -1.99. The molecule has 0 N–H and O–H groups in total. The first-order chi connectivity index (χ1) is 8.92. The van der Waals surface area contributed by atoms with Gasteiger partial charge in [0, 0.05) is 24.9 Å². The molecule has 0 amide bonds. The van der Waals surface area contributed by atoms with E-state index in [1.54, 1.807) is 18.5 Å². The molecule has 1 fully saturated rings. The monoisotopic (exact) mass is 264 g/mol. The largest absolute Gasteiger partial charge is 0.381 e. The summed E-state index contributed by atoms with van der Waals surface area (Å²) in [6.45, 7) is 1.47. The number of rotatable bonds is 4. The van der Waals surface area contributed by atoms with Gasteiger partial charge in [0.2, 0.25) is 5.89 Å². The maximum atomic E-state index is 5.30. The molecule has 0 spiro atoms. The predicted molar refractivity (Wildman–Crippen MR) is 64.1 cm³/mol. The maximum Gasteiger partial charge on any atom is 0.237 e. The molecule has 6 nitrogen and oxygen atoms in total. The lowest BCUT2D eigenvalue weighted by Gasteiger charge is -1.97. The van der Waals surface area contributed by atoms with Crippen molar-refractivity contribution >= 4 is 11.8 Å². The van der Waals surface area contributed by atoms with Crippen molar-refractivity contribution in [3.8, 4) is 0 Å². The summed E-state index contributed by atoms with van der Waals surface area (Å²) in [5.74, 6) is 2.22. The number of nitrogens with zero attached hydrogens (tertiary/aromatic N) is 4. The Kier molecular flexibility index (Phi) is 3.51. The lowest BCUT2D eigenvalue weighted by atomic mass is 10.1. The molecular formula is C11H12N4O2S. The summed E-state index contributed by atoms with van der Waals surface area (Å²) in [7, 11) is 0. The molecule has 3 heterocycles. The van der Waals surface area contributed by atoms with Gasteiger partial charge in [-0.1, -0.05) is 16.9 Å². The molecule has 18 heavy (non-hydrogen) atoms. The molecular weight excluding hydrogens is 252 g/mol. The number of hydrogen-bond donors (Lipinski definition) is 0. The van der Waals surface area contributed by atoms with Crippen LogP contribution in [-0.4, -0.2) is 33.3 Å². The van der Waals surface area contributed by atoms with Crippen molar-refractivity contribution in [2.24, 2.45) is 0 Å². The predicted octanol–water partition coefficient (Wildman–Crippen LogP) is 1.66. The average molecular weight is 264 g/mol. The molecule has 0 bridgehead atoms. The highest BCUT2D eigenvalue weighted by Gasteiger charge is 2.23. The van der Waals surface area contributed by atoms with Crippen LogP contribution in [0, 0.1) is 0 Å². The van der Waals surface area contributed by atoms with E-state index in [2.05, 4.69) is 20.1 Å². The number of ether oxygens (including phenoxy) is 1. The Hall–Kier alpha value is -1.47. The third-order valence-electron chi connectivity index (χ3n) is 2.65. The van der Waals surface area contributed by atoms with Crippen molar-refractivity contribution in [2.45, 2.75) is 23.2 Å². The van der Waals surface area contributed by atoms with Gasteiger partial charge in [0.15, 0.2) is 11.0 Å². The van der Waals surface area contributed by atoms with Crippen LogP contribution in [0.4, 0.5) is 0 Å². The first kappa shape index (κ1) is 11.6. The van der Waals surface area contributed by atoms with Crippen LogP contribution in [0.1, 0.15) is 24.1 Å². The van der Waals surface area contributed by atoms with E-state index in [-0.39, 0.29) is 5.92 Å². The fourth-order valence-corrected chi connectivity index (χ4v) is 2.36. The van der Waals surface area contributed by atoms with Crippen molar-refractivity contribution in [3.63, 3.8) is 0 Å². The normalized spacial score (nSPS) is 19.2. The summed E-state index contributed by atoms with van der Waals surface area (Å²) < 4.78 is 10.5. The summed E-state index contributed by atoms with van der Waals surface area (Å²) in [6.07, 6.45) is 4.39. The molecule has 1 saturated heterocycles. The highest BCUT2D eigenvalue weighted by Crippen LogP contribution is 2.24. The molecule has 1 aliphatic heterocycles. The Balaban J connectivity index is 1.60. The summed E-state index contributed by atoms with van der Waals surface area (Å²) in [5, 5.41) is 4.70. The van der Waals surface area contributed by atoms with Gasteiger partial charge in [-0.05, 0) is 12.5 Å². The SMILES string of the molecule is c1cnc(SCc2nc([C@@H]3CCOC3)no2)nc1. The molecule has 94 valence electrons. The molecule has 1 aliphatic rings. The van der Waals surface area contributed by atoms with Crippen molar-refractivity contribution in [2.75, 3.05) is 13.2 Å². The molecule has 3 rings (SSSR count). The highest BCUT2D eigenvalue weighted by molar-refractivity contribution is 7.98. The molecule has 2 aromatic heterocycles. The standard InChI is InChI=1S/C11H12N4O2S/c1-3-12-11(13-4-1)18-7-9-14-10(15-17-9)8-2-5-16-6-8/h1,3-4,8H,2,5-7H2/t8-/m1/s1. The Morgan fingerprint density at radius 1 is 1.33 bits per heavy atom. The fourth-order valence-electron chi connectivity index (χ4n) is 1.72. The van der Waals surface area contributed by atoms with Gasteiger partial charge in [-0.25, -0.2) is 9.97 Å². The van der Waals surface area contributed by atoms with Crippen LogP contribution in [-0.2, 0) is 10.5 Å². The summed E-state index contributed by atoms with van der Waals surface area (Å²) in [6, 6.07) is 1.79. The summed E-state index contributed by atoms with van der Waals surface area (Å²) in [4.78, 5) is 12.6. The van der Waals surface area contributed by atoms with E-state index in [0.29, 0.717) is 23.4 Å². The van der Waals surface area contributed by atoms with E-state index in [0.717, 1.165) is 18.9 Å². The minimum absolute atomic E-state index is 0.278. The average Bonchev–Trinajstić information content (AvgIpc) is 3.08. The van der Waals surface area contributed by atoms with Crippen molar-refractivity contribution in [3.05, 3.63) is 30.2 Å². The van der Waals surface area contributed by atoms with Crippen LogP contribution in [0.2, 0.25) is 0 Å². The molecule has 1 atom stereocenters. The zero-order chi connectivity index (χ0) is 12.2. The van der Waals surface area contributed by atoms with Crippen molar-refractivity contribution in [1.29, 1.82) is 0 Å². The third-order valence-corrected chi connectivity index (χ3v) is 3.51. The van der Waals surface area contributed by atoms with Gasteiger partial charge in [-0.3, -0.25) is 0 Å². The van der Waals surface area contributed by atoms with E-state index in [1.807, 2.05) is 0 Å². The minimum atomic E-state index is 0.278. The second kappa shape index (κ2) is 5.45. The number of aromatic nitrogens is 4. The van der Waals surface area contributed by atoms with Crippen molar-refractivity contribution in [1.82, 2.24) is 20.1 Å². The molecule has 7 heteroatoms. The lowest BCUT2D eigenvalue weighted by molar-refractivity contribution is 0.192. The zero-order valence-corrected chi connectivity index (χ0v) is 10.5. The van der Waals surface area contributed by atoms with E-state index in [4.69, 9.17) is 9.26 Å².